The summed E-state index contributed by atoms with van der Waals surface area (Å²) in [6, 6.07) is 0. The standard InChI is InChI=1S/C9H17FO/c10-8-6-4-2-1-3-5-7-9(8)11/h8-9,11H,1-7H2. The second kappa shape index (κ2) is 4.70. The quantitative estimate of drug-likeness (QED) is 0.577. The summed E-state index contributed by atoms with van der Waals surface area (Å²) in [4.78, 5) is 0. The lowest BCUT2D eigenvalue weighted by atomic mass is 10.1. The van der Waals surface area contributed by atoms with E-state index in [1.54, 1.807) is 0 Å². The van der Waals surface area contributed by atoms with Crippen LogP contribution in [0.5, 0.6) is 0 Å². The first-order valence-electron chi connectivity index (χ1n) is 4.63. The second-order valence-electron chi connectivity index (χ2n) is 3.43. The van der Waals surface area contributed by atoms with E-state index in [0.29, 0.717) is 12.8 Å². The van der Waals surface area contributed by atoms with Crippen LogP contribution < -0.4 is 0 Å². The van der Waals surface area contributed by atoms with E-state index < -0.39 is 12.3 Å². The van der Waals surface area contributed by atoms with Gasteiger partial charge in [0, 0.05) is 0 Å². The molecule has 1 rings (SSSR count). The highest BCUT2D eigenvalue weighted by molar-refractivity contribution is 4.69. The Labute approximate surface area is 67.6 Å². The Morgan fingerprint density at radius 1 is 0.909 bits per heavy atom. The van der Waals surface area contributed by atoms with Crippen molar-refractivity contribution in [2.45, 2.75) is 57.2 Å². The van der Waals surface area contributed by atoms with Crippen LogP contribution in [0.3, 0.4) is 0 Å². The van der Waals surface area contributed by atoms with Crippen LogP contribution >= 0.6 is 0 Å². The fourth-order valence-corrected chi connectivity index (χ4v) is 1.60. The van der Waals surface area contributed by atoms with Crippen molar-refractivity contribution in [3.05, 3.63) is 0 Å². The van der Waals surface area contributed by atoms with Gasteiger partial charge in [-0.25, -0.2) is 4.39 Å². The maximum atomic E-state index is 12.9. The zero-order valence-corrected chi connectivity index (χ0v) is 6.93. The molecule has 2 unspecified atom stereocenters. The first-order valence-corrected chi connectivity index (χ1v) is 4.63. The molecule has 1 nitrogen and oxygen atoms in total. The summed E-state index contributed by atoms with van der Waals surface area (Å²) in [6.45, 7) is 0. The van der Waals surface area contributed by atoms with Gasteiger partial charge in [0.2, 0.25) is 0 Å². The molecule has 1 saturated carbocycles. The number of rotatable bonds is 0. The lowest BCUT2D eigenvalue weighted by molar-refractivity contribution is 0.0648. The lowest BCUT2D eigenvalue weighted by Crippen LogP contribution is -2.20. The van der Waals surface area contributed by atoms with Crippen molar-refractivity contribution in [2.75, 3.05) is 0 Å². The van der Waals surface area contributed by atoms with E-state index in [-0.39, 0.29) is 0 Å². The van der Waals surface area contributed by atoms with Gasteiger partial charge in [-0.15, -0.1) is 0 Å². The van der Waals surface area contributed by atoms with Crippen LogP contribution in [-0.4, -0.2) is 17.4 Å². The third-order valence-corrected chi connectivity index (χ3v) is 2.40. The van der Waals surface area contributed by atoms with Gasteiger partial charge in [0.05, 0.1) is 6.10 Å². The van der Waals surface area contributed by atoms with E-state index in [1.807, 2.05) is 0 Å². The fraction of sp³-hybridized carbons (Fsp3) is 1.00. The Bertz CT molecular complexity index is 93.7. The molecule has 0 amide bonds. The van der Waals surface area contributed by atoms with Crippen LogP contribution in [0, 0.1) is 0 Å². The maximum absolute atomic E-state index is 12.9. The number of hydrogen-bond donors (Lipinski definition) is 1. The minimum atomic E-state index is -0.965. The van der Waals surface area contributed by atoms with E-state index in [0.717, 1.165) is 25.7 Å². The number of alkyl halides is 1. The molecule has 1 N–H and O–H groups in total. The molecule has 2 heteroatoms. The summed E-state index contributed by atoms with van der Waals surface area (Å²) in [5.41, 5.74) is 0. The highest BCUT2D eigenvalue weighted by atomic mass is 19.1. The molecule has 11 heavy (non-hydrogen) atoms. The van der Waals surface area contributed by atoms with Gasteiger partial charge in [0.15, 0.2) is 0 Å². The van der Waals surface area contributed by atoms with Gasteiger partial charge in [-0.1, -0.05) is 32.1 Å². The molecule has 0 aliphatic heterocycles. The fourth-order valence-electron chi connectivity index (χ4n) is 1.60. The average Bonchev–Trinajstić information content (AvgIpc) is 2.07. The first kappa shape index (κ1) is 8.98. The second-order valence-corrected chi connectivity index (χ2v) is 3.43. The first-order chi connectivity index (χ1) is 5.30. The van der Waals surface area contributed by atoms with E-state index in [2.05, 4.69) is 0 Å². The predicted octanol–water partition coefficient (Wildman–Crippen LogP) is 2.43. The van der Waals surface area contributed by atoms with Crippen molar-refractivity contribution in [3.8, 4) is 0 Å². The van der Waals surface area contributed by atoms with Gasteiger partial charge in [-0.05, 0) is 12.8 Å². The summed E-state index contributed by atoms with van der Waals surface area (Å²) in [6.07, 6.45) is 4.99. The Balaban J connectivity index is 2.29. The van der Waals surface area contributed by atoms with Crippen LogP contribution in [0.4, 0.5) is 4.39 Å². The number of aliphatic hydroxyl groups excluding tert-OH is 1. The molecule has 0 bridgehead atoms. The van der Waals surface area contributed by atoms with Gasteiger partial charge in [0.25, 0.3) is 0 Å². The molecule has 1 aliphatic rings. The van der Waals surface area contributed by atoms with E-state index >= 15 is 0 Å². The summed E-state index contributed by atoms with van der Waals surface area (Å²) < 4.78 is 12.9. The number of hydrogen-bond acceptors (Lipinski definition) is 1. The molecule has 0 aromatic carbocycles. The summed E-state index contributed by atoms with van der Waals surface area (Å²) in [5.74, 6) is 0. The van der Waals surface area contributed by atoms with Crippen molar-refractivity contribution >= 4 is 0 Å². The van der Waals surface area contributed by atoms with Crippen molar-refractivity contribution in [1.82, 2.24) is 0 Å². The van der Waals surface area contributed by atoms with E-state index in [9.17, 15) is 9.50 Å². The Hall–Kier alpha value is -0.110. The van der Waals surface area contributed by atoms with Crippen molar-refractivity contribution < 1.29 is 9.50 Å². The van der Waals surface area contributed by atoms with Crippen LogP contribution in [0.15, 0.2) is 0 Å². The third kappa shape index (κ3) is 3.19. The van der Waals surface area contributed by atoms with Gasteiger partial charge < -0.3 is 5.11 Å². The molecule has 66 valence electrons. The molecule has 0 radical (unpaired) electrons. The molecule has 2 atom stereocenters. The van der Waals surface area contributed by atoms with Gasteiger partial charge >= 0.3 is 0 Å². The minimum absolute atomic E-state index is 0.557. The summed E-state index contributed by atoms with van der Waals surface area (Å²) >= 11 is 0. The van der Waals surface area contributed by atoms with E-state index in [4.69, 9.17) is 0 Å². The molecule has 0 heterocycles. The SMILES string of the molecule is OC1CCCCCCCC1F. The normalized spacial score (nSPS) is 35.5. The number of halogens is 1. The molecule has 0 aromatic rings. The van der Waals surface area contributed by atoms with Crippen molar-refractivity contribution in [3.63, 3.8) is 0 Å². The highest BCUT2D eigenvalue weighted by Gasteiger charge is 2.18. The van der Waals surface area contributed by atoms with Crippen LogP contribution in [0.25, 0.3) is 0 Å². The van der Waals surface area contributed by atoms with Crippen molar-refractivity contribution in [1.29, 1.82) is 0 Å². The van der Waals surface area contributed by atoms with Crippen LogP contribution in [-0.2, 0) is 0 Å². The lowest BCUT2D eigenvalue weighted by Gasteiger charge is -2.13. The minimum Gasteiger partial charge on any atom is -0.390 e. The van der Waals surface area contributed by atoms with Crippen LogP contribution in [0.2, 0.25) is 0 Å². The summed E-state index contributed by atoms with van der Waals surface area (Å²) in [5, 5.41) is 9.23. The largest absolute Gasteiger partial charge is 0.390 e. The highest BCUT2D eigenvalue weighted by Crippen LogP contribution is 2.19. The van der Waals surface area contributed by atoms with Crippen molar-refractivity contribution in [2.24, 2.45) is 0 Å². The molecule has 0 saturated heterocycles. The average molecular weight is 160 g/mol. The summed E-state index contributed by atoms with van der Waals surface area (Å²) in [7, 11) is 0. The zero-order valence-electron chi connectivity index (χ0n) is 6.93. The molecule has 1 fully saturated rings. The van der Waals surface area contributed by atoms with Crippen LogP contribution in [0.1, 0.15) is 44.9 Å². The molecule has 0 aromatic heterocycles. The smallest absolute Gasteiger partial charge is 0.126 e. The van der Waals surface area contributed by atoms with Gasteiger partial charge in [0.1, 0.15) is 6.17 Å². The Morgan fingerprint density at radius 3 is 2.18 bits per heavy atom. The molecule has 1 aliphatic carbocycles. The Kier molecular flexibility index (Phi) is 3.84. The molecule has 0 spiro atoms. The van der Waals surface area contributed by atoms with E-state index in [1.165, 1.54) is 6.42 Å². The monoisotopic (exact) mass is 160 g/mol. The topological polar surface area (TPSA) is 20.2 Å². The van der Waals surface area contributed by atoms with Gasteiger partial charge in [-0.2, -0.15) is 0 Å². The third-order valence-electron chi connectivity index (χ3n) is 2.40. The maximum Gasteiger partial charge on any atom is 0.126 e. The van der Waals surface area contributed by atoms with Gasteiger partial charge in [-0.3, -0.25) is 0 Å². The number of aliphatic hydroxyl groups is 1. The molecular formula is C9H17FO. The Morgan fingerprint density at radius 2 is 1.45 bits per heavy atom. The zero-order chi connectivity index (χ0) is 8.10. The predicted molar refractivity (Wildman–Crippen MR) is 43.2 cm³/mol. The molecular weight excluding hydrogens is 143 g/mol.